The van der Waals surface area contributed by atoms with Gasteiger partial charge in [-0.25, -0.2) is 4.98 Å². The van der Waals surface area contributed by atoms with Crippen molar-refractivity contribution in [2.24, 2.45) is 17.3 Å². The number of ether oxygens (including phenoxy) is 3. The molecule has 6 rings (SSSR count). The third-order valence-corrected chi connectivity index (χ3v) is 14.1. The van der Waals surface area contributed by atoms with Crippen molar-refractivity contribution in [3.05, 3.63) is 79.1 Å². The van der Waals surface area contributed by atoms with Crippen LogP contribution in [0, 0.1) is 17.3 Å². The van der Waals surface area contributed by atoms with Gasteiger partial charge in [0.2, 0.25) is 13.3 Å². The lowest BCUT2D eigenvalue weighted by Crippen LogP contribution is -2.48. The van der Waals surface area contributed by atoms with Crippen molar-refractivity contribution in [3.63, 3.8) is 0 Å². The molecule has 11 heteroatoms. The third kappa shape index (κ3) is 8.20. The number of likely N-dealkylation sites (tertiary alicyclic amines) is 1. The fraction of sp³-hybridized carbons (Fsp3) is 0.488. The van der Waals surface area contributed by atoms with Crippen LogP contribution in [0.2, 0.25) is 0 Å². The van der Waals surface area contributed by atoms with Gasteiger partial charge in [0.1, 0.15) is 23.7 Å². The summed E-state index contributed by atoms with van der Waals surface area (Å²) >= 11 is 0. The minimum Gasteiger partial charge on any atom is -0.497 e. The average Bonchev–Trinajstić information content (AvgIpc) is 3.41. The number of carbonyl (C=O) groups excluding carboxylic acids is 3. The maximum atomic E-state index is 14.8. The van der Waals surface area contributed by atoms with Crippen molar-refractivity contribution in [2.45, 2.75) is 102 Å². The van der Waals surface area contributed by atoms with E-state index >= 15 is 0 Å². The van der Waals surface area contributed by atoms with Gasteiger partial charge in [0.25, 0.3) is 0 Å². The first-order valence-electron chi connectivity index (χ1n) is 19.0. The van der Waals surface area contributed by atoms with Crippen LogP contribution in [0.15, 0.2) is 79.1 Å². The molecule has 1 N–H and O–H groups in total. The summed E-state index contributed by atoms with van der Waals surface area (Å²) in [6.07, 6.45) is 6.31. The Bertz CT molecular complexity index is 1970. The molecule has 2 aromatic carbocycles. The number of pyridine rings is 1. The summed E-state index contributed by atoms with van der Waals surface area (Å²) in [5.74, 6) is 0.321. The zero-order chi connectivity index (χ0) is 38.8. The number of benzene rings is 2. The second kappa shape index (κ2) is 15.8. The van der Waals surface area contributed by atoms with Gasteiger partial charge >= 0.3 is 5.97 Å². The number of methoxy groups -OCH3 is 1. The number of carbonyl (C=O) groups is 3. The van der Waals surface area contributed by atoms with Crippen molar-refractivity contribution in [3.8, 4) is 22.8 Å². The van der Waals surface area contributed by atoms with Crippen LogP contribution >= 0.6 is 7.37 Å². The molecule has 1 saturated heterocycles. The quantitative estimate of drug-likeness (QED) is 0.0977. The van der Waals surface area contributed by atoms with E-state index in [0.717, 1.165) is 36.6 Å². The average molecular weight is 757 g/mol. The predicted molar refractivity (Wildman–Crippen MR) is 209 cm³/mol. The molecule has 10 nitrogen and oxygen atoms in total. The molecule has 3 aromatic rings. The molecule has 0 bridgehead atoms. The largest absolute Gasteiger partial charge is 0.497 e. The Morgan fingerprint density at radius 2 is 1.81 bits per heavy atom. The Labute approximate surface area is 318 Å². The predicted octanol–water partition coefficient (Wildman–Crippen LogP) is 8.50. The molecular formula is C43H53N2O8P. The summed E-state index contributed by atoms with van der Waals surface area (Å²) in [6, 6.07) is 16.2. The molecule has 3 aliphatic rings. The third-order valence-electron chi connectivity index (χ3n) is 11.4. The lowest BCUT2D eigenvalue weighted by atomic mass is 9.77. The number of fused-ring (bicyclic) bond motifs is 1. The summed E-state index contributed by atoms with van der Waals surface area (Å²) in [5, 5.41) is -0.436. The number of nitrogens with zero attached hydrogens (tertiary/aromatic N) is 2. The first kappa shape index (κ1) is 39.4. The Kier molecular flexibility index (Phi) is 11.6. The van der Waals surface area contributed by atoms with Crippen LogP contribution in [0.25, 0.3) is 22.2 Å². The molecule has 0 spiro atoms. The first-order valence-corrected chi connectivity index (χ1v) is 20.7. The van der Waals surface area contributed by atoms with Gasteiger partial charge in [0.05, 0.1) is 48.4 Å². The van der Waals surface area contributed by atoms with Gasteiger partial charge in [-0.05, 0) is 68.3 Å². The molecule has 1 aromatic heterocycles. The molecule has 1 amide bonds. The van der Waals surface area contributed by atoms with Crippen molar-refractivity contribution in [1.82, 2.24) is 9.88 Å². The van der Waals surface area contributed by atoms with E-state index in [1.165, 1.54) is 11.9 Å². The zero-order valence-electron chi connectivity index (χ0n) is 32.0. The van der Waals surface area contributed by atoms with Crippen LogP contribution in [-0.4, -0.2) is 69.5 Å². The Hall–Kier alpha value is -4.27. The number of hydrogen-bond acceptors (Lipinski definition) is 8. The fourth-order valence-electron chi connectivity index (χ4n) is 8.22. The fourth-order valence-corrected chi connectivity index (χ4v) is 10.3. The molecule has 2 heterocycles. The van der Waals surface area contributed by atoms with Gasteiger partial charge in [0.15, 0.2) is 5.78 Å². The molecule has 6 atom stereocenters. The van der Waals surface area contributed by atoms with Gasteiger partial charge in [-0.3, -0.25) is 18.9 Å². The van der Waals surface area contributed by atoms with Crippen LogP contribution in [0.5, 0.6) is 11.5 Å². The zero-order valence-corrected chi connectivity index (χ0v) is 32.9. The minimum absolute atomic E-state index is 0.0870. The summed E-state index contributed by atoms with van der Waals surface area (Å²) < 4.78 is 31.7. The SMILES string of the molecule is C=C[C@@H]1C[C@]1(CC(=O)[C@@H]1C[C@@H](Oc2cc(-c3ccccc3)nc3cc(OC)ccc23)CN1C(=O)[C@@H](CC(=O)OC1CCCC1)C(C)(C)C)P(=O)(O)/C=C\C. The molecule has 2 saturated carbocycles. The molecule has 1 unspecified atom stereocenters. The lowest BCUT2D eigenvalue weighted by Gasteiger charge is -2.35. The van der Waals surface area contributed by atoms with Crippen LogP contribution in [0.4, 0.5) is 0 Å². The van der Waals surface area contributed by atoms with E-state index in [9.17, 15) is 23.8 Å². The van der Waals surface area contributed by atoms with E-state index in [2.05, 4.69) is 6.58 Å². The monoisotopic (exact) mass is 756 g/mol. The second-order valence-corrected chi connectivity index (χ2v) is 18.6. The highest BCUT2D eigenvalue weighted by atomic mass is 31.2. The van der Waals surface area contributed by atoms with E-state index in [-0.39, 0.29) is 49.5 Å². The first-order chi connectivity index (χ1) is 25.7. The highest BCUT2D eigenvalue weighted by Gasteiger charge is 2.64. The normalized spacial score (nSPS) is 24.6. The maximum absolute atomic E-state index is 14.8. The van der Waals surface area contributed by atoms with Gasteiger partial charge in [0, 0.05) is 35.9 Å². The van der Waals surface area contributed by atoms with E-state index in [0.29, 0.717) is 29.1 Å². The molecule has 0 radical (unpaired) electrons. The minimum atomic E-state index is -3.90. The number of amides is 1. The van der Waals surface area contributed by atoms with Crippen LogP contribution < -0.4 is 9.47 Å². The molecule has 54 heavy (non-hydrogen) atoms. The molecule has 1 aliphatic heterocycles. The van der Waals surface area contributed by atoms with Gasteiger partial charge in [-0.1, -0.05) is 63.3 Å². The van der Waals surface area contributed by atoms with Gasteiger partial charge in [-0.2, -0.15) is 0 Å². The van der Waals surface area contributed by atoms with Crippen LogP contribution in [0.1, 0.15) is 79.1 Å². The number of esters is 1. The van der Waals surface area contributed by atoms with Crippen LogP contribution in [0.3, 0.4) is 0 Å². The smallest absolute Gasteiger partial charge is 0.306 e. The number of aromatic nitrogens is 1. The van der Waals surface area contributed by atoms with Crippen molar-refractivity contribution < 1.29 is 38.1 Å². The van der Waals surface area contributed by atoms with E-state index < -0.39 is 42.0 Å². The van der Waals surface area contributed by atoms with E-state index in [1.54, 1.807) is 25.0 Å². The van der Waals surface area contributed by atoms with Gasteiger partial charge < -0.3 is 24.0 Å². The molecular weight excluding hydrogens is 703 g/mol. The van der Waals surface area contributed by atoms with Crippen molar-refractivity contribution >= 4 is 35.9 Å². The van der Waals surface area contributed by atoms with E-state index in [1.807, 2.05) is 75.4 Å². The Morgan fingerprint density at radius 1 is 1.09 bits per heavy atom. The van der Waals surface area contributed by atoms with E-state index in [4.69, 9.17) is 19.2 Å². The maximum Gasteiger partial charge on any atom is 0.306 e. The topological polar surface area (TPSA) is 132 Å². The standard InChI is InChI=1S/C43H53N2O8P/c1-7-20-54(49,50)43(25-29(43)8-2)26-38(46)37-22-32(27-45(37)41(48)34(42(3,4)5)23-40(47)53-30-16-12-13-17-30)52-39-24-35(28-14-10-9-11-15-28)44-36-21-31(51-6)18-19-33(36)39/h7-11,14-15,18-21,24,29-30,32,34,37H,2,12-13,16-17,22-23,25-27H2,1,3-6H3,(H,49,50)/b20-7-/t29-,32-,34-,37+,43-/m1/s1. The number of ketones is 1. The Balaban J connectivity index is 1.35. The number of allylic oxidation sites excluding steroid dienone is 2. The molecule has 3 fully saturated rings. The van der Waals surface area contributed by atoms with Crippen LogP contribution in [-0.2, 0) is 23.7 Å². The summed E-state index contributed by atoms with van der Waals surface area (Å²) in [6.45, 7) is 11.4. The summed E-state index contributed by atoms with van der Waals surface area (Å²) in [4.78, 5) is 60.2. The highest BCUT2D eigenvalue weighted by Crippen LogP contribution is 2.73. The van der Waals surface area contributed by atoms with Gasteiger partial charge in [-0.15, -0.1) is 6.58 Å². The Morgan fingerprint density at radius 3 is 2.44 bits per heavy atom. The van der Waals surface area contributed by atoms with Crippen molar-refractivity contribution in [2.75, 3.05) is 13.7 Å². The highest BCUT2D eigenvalue weighted by molar-refractivity contribution is 7.63. The lowest BCUT2D eigenvalue weighted by molar-refractivity contribution is -0.156. The number of hydrogen-bond donors (Lipinski definition) is 1. The summed E-state index contributed by atoms with van der Waals surface area (Å²) in [7, 11) is -2.30. The van der Waals surface area contributed by atoms with Crippen molar-refractivity contribution in [1.29, 1.82) is 0 Å². The molecule has 288 valence electrons. The molecule has 2 aliphatic carbocycles. The summed E-state index contributed by atoms with van der Waals surface area (Å²) in [5.41, 5.74) is 1.60. The number of rotatable bonds is 14. The second-order valence-electron chi connectivity index (χ2n) is 16.2. The number of Topliss-reactive ketones (excluding diaryl/α,β-unsaturated/α-hetero) is 1.